The second-order valence-corrected chi connectivity index (χ2v) is 7.10. The number of rotatable bonds is 6. The standard InChI is InChI=1S/C22H23F3N2O3/c23-22(24,25)17-7-5-9-19(15-17)30-18-8-4-6-16(14-18)21(29)26-11-13-27-12-3-1-2-10-20(27)28/h4-9,14-15H,1-3,10-13H2,(H,26,29). The minimum absolute atomic E-state index is 0.0297. The molecule has 0 aromatic heterocycles. The molecule has 1 N–H and O–H groups in total. The molecule has 0 atom stereocenters. The number of benzene rings is 2. The quantitative estimate of drug-likeness (QED) is 0.741. The summed E-state index contributed by atoms with van der Waals surface area (Å²) >= 11 is 0. The fourth-order valence-corrected chi connectivity index (χ4v) is 3.25. The Balaban J connectivity index is 1.58. The van der Waals surface area contributed by atoms with Crippen LogP contribution in [0.5, 0.6) is 11.5 Å². The van der Waals surface area contributed by atoms with Crippen LogP contribution in [0.2, 0.25) is 0 Å². The Morgan fingerprint density at radius 1 is 1.03 bits per heavy atom. The highest BCUT2D eigenvalue weighted by molar-refractivity contribution is 5.94. The summed E-state index contributed by atoms with van der Waals surface area (Å²) in [6.07, 6.45) is -1.01. The number of alkyl halides is 3. The Morgan fingerprint density at radius 3 is 2.53 bits per heavy atom. The number of nitrogens with zero attached hydrogens (tertiary/aromatic N) is 1. The van der Waals surface area contributed by atoms with Crippen molar-refractivity contribution in [1.29, 1.82) is 0 Å². The van der Waals surface area contributed by atoms with Gasteiger partial charge < -0.3 is 15.0 Å². The second-order valence-electron chi connectivity index (χ2n) is 7.10. The zero-order valence-electron chi connectivity index (χ0n) is 16.4. The minimum atomic E-state index is -4.46. The fourth-order valence-electron chi connectivity index (χ4n) is 3.25. The zero-order chi connectivity index (χ0) is 21.6. The topological polar surface area (TPSA) is 58.6 Å². The van der Waals surface area contributed by atoms with Crippen molar-refractivity contribution in [2.45, 2.75) is 31.9 Å². The van der Waals surface area contributed by atoms with Gasteiger partial charge in [-0.15, -0.1) is 0 Å². The van der Waals surface area contributed by atoms with Gasteiger partial charge >= 0.3 is 6.18 Å². The molecular weight excluding hydrogens is 397 g/mol. The number of hydrogen-bond donors (Lipinski definition) is 1. The summed E-state index contributed by atoms with van der Waals surface area (Å²) in [5, 5.41) is 2.77. The number of carbonyl (C=O) groups excluding carboxylic acids is 2. The van der Waals surface area contributed by atoms with Crippen molar-refractivity contribution in [3.05, 3.63) is 59.7 Å². The van der Waals surface area contributed by atoms with Crippen molar-refractivity contribution in [2.75, 3.05) is 19.6 Å². The maximum atomic E-state index is 12.8. The first-order valence-corrected chi connectivity index (χ1v) is 9.84. The van der Waals surface area contributed by atoms with Crippen molar-refractivity contribution >= 4 is 11.8 Å². The molecule has 0 unspecified atom stereocenters. The van der Waals surface area contributed by atoms with Gasteiger partial charge in [-0.3, -0.25) is 9.59 Å². The van der Waals surface area contributed by atoms with Crippen molar-refractivity contribution < 1.29 is 27.5 Å². The van der Waals surface area contributed by atoms with Gasteiger partial charge in [-0.05, 0) is 49.2 Å². The first-order chi connectivity index (χ1) is 14.3. The minimum Gasteiger partial charge on any atom is -0.457 e. The predicted octanol–water partition coefficient (Wildman–Crippen LogP) is 4.63. The van der Waals surface area contributed by atoms with E-state index in [1.807, 2.05) is 0 Å². The summed E-state index contributed by atoms with van der Waals surface area (Å²) in [4.78, 5) is 26.2. The lowest BCUT2D eigenvalue weighted by Gasteiger charge is -2.20. The van der Waals surface area contributed by atoms with E-state index in [1.165, 1.54) is 18.2 Å². The van der Waals surface area contributed by atoms with Crippen LogP contribution in [0.15, 0.2) is 48.5 Å². The Morgan fingerprint density at radius 2 is 1.77 bits per heavy atom. The molecule has 8 heteroatoms. The van der Waals surface area contributed by atoms with Gasteiger partial charge in [-0.25, -0.2) is 0 Å². The normalized spacial score (nSPS) is 14.9. The number of halogens is 3. The Kier molecular flexibility index (Phi) is 6.97. The molecule has 0 radical (unpaired) electrons. The Hall–Kier alpha value is -3.03. The molecule has 0 saturated carbocycles. The average molecular weight is 420 g/mol. The van der Waals surface area contributed by atoms with Crippen LogP contribution in [-0.2, 0) is 11.0 Å². The maximum absolute atomic E-state index is 12.8. The van der Waals surface area contributed by atoms with Crippen LogP contribution >= 0.6 is 0 Å². The molecule has 3 rings (SSSR count). The van der Waals surface area contributed by atoms with Crippen LogP contribution in [0.1, 0.15) is 41.6 Å². The third-order valence-corrected chi connectivity index (χ3v) is 4.83. The molecule has 2 aromatic carbocycles. The smallest absolute Gasteiger partial charge is 0.416 e. The van der Waals surface area contributed by atoms with E-state index in [1.54, 1.807) is 23.1 Å². The number of amides is 2. The van der Waals surface area contributed by atoms with Crippen LogP contribution in [-0.4, -0.2) is 36.3 Å². The van der Waals surface area contributed by atoms with Crippen molar-refractivity contribution in [3.63, 3.8) is 0 Å². The SMILES string of the molecule is O=C(NCCN1CCCCCC1=O)c1cccc(Oc2cccc(C(F)(F)F)c2)c1. The summed E-state index contributed by atoms with van der Waals surface area (Å²) in [6.45, 7) is 1.48. The highest BCUT2D eigenvalue weighted by atomic mass is 19.4. The van der Waals surface area contributed by atoms with E-state index in [0.717, 1.165) is 31.4 Å². The van der Waals surface area contributed by atoms with E-state index in [4.69, 9.17) is 4.74 Å². The van der Waals surface area contributed by atoms with Crippen molar-refractivity contribution in [3.8, 4) is 11.5 Å². The van der Waals surface area contributed by atoms with E-state index in [-0.39, 0.29) is 23.3 Å². The number of carbonyl (C=O) groups is 2. The van der Waals surface area contributed by atoms with Crippen LogP contribution in [0.25, 0.3) is 0 Å². The van der Waals surface area contributed by atoms with Crippen LogP contribution in [0.4, 0.5) is 13.2 Å². The third kappa shape index (κ3) is 5.98. The fraction of sp³-hybridized carbons (Fsp3) is 0.364. The first kappa shape index (κ1) is 21.7. The molecule has 0 bridgehead atoms. The summed E-state index contributed by atoms with van der Waals surface area (Å²) < 4.78 is 44.0. The summed E-state index contributed by atoms with van der Waals surface area (Å²) in [5.41, 5.74) is -0.487. The Bertz CT molecular complexity index is 899. The van der Waals surface area contributed by atoms with Gasteiger partial charge in [0.05, 0.1) is 5.56 Å². The molecule has 5 nitrogen and oxygen atoms in total. The lowest BCUT2D eigenvalue weighted by atomic mass is 10.2. The summed E-state index contributed by atoms with van der Waals surface area (Å²) in [7, 11) is 0. The van der Waals surface area contributed by atoms with Crippen molar-refractivity contribution in [1.82, 2.24) is 10.2 Å². The molecule has 0 aliphatic carbocycles. The highest BCUT2D eigenvalue weighted by Crippen LogP contribution is 2.32. The van der Waals surface area contributed by atoms with Gasteiger partial charge in [0.15, 0.2) is 0 Å². The monoisotopic (exact) mass is 420 g/mol. The molecule has 160 valence electrons. The summed E-state index contributed by atoms with van der Waals surface area (Å²) in [6, 6.07) is 10.8. The van der Waals surface area contributed by atoms with Gasteiger partial charge in [0, 0.05) is 31.6 Å². The van der Waals surface area contributed by atoms with Gasteiger partial charge in [-0.1, -0.05) is 18.6 Å². The van der Waals surface area contributed by atoms with Crippen LogP contribution in [0.3, 0.4) is 0 Å². The Labute approximate surface area is 172 Å². The lowest BCUT2D eigenvalue weighted by molar-refractivity contribution is -0.137. The molecule has 1 aliphatic rings. The van der Waals surface area contributed by atoms with Crippen LogP contribution < -0.4 is 10.1 Å². The van der Waals surface area contributed by atoms with Crippen molar-refractivity contribution in [2.24, 2.45) is 0 Å². The van der Waals surface area contributed by atoms with Gasteiger partial charge in [0.25, 0.3) is 5.91 Å². The molecule has 2 aromatic rings. The number of nitrogens with one attached hydrogen (secondary N) is 1. The molecule has 2 amide bonds. The maximum Gasteiger partial charge on any atom is 0.416 e. The molecule has 1 aliphatic heterocycles. The highest BCUT2D eigenvalue weighted by Gasteiger charge is 2.30. The number of likely N-dealkylation sites (tertiary alicyclic amines) is 1. The van der Waals surface area contributed by atoms with E-state index in [2.05, 4.69) is 5.32 Å². The lowest BCUT2D eigenvalue weighted by Crippen LogP contribution is -2.38. The predicted molar refractivity (Wildman–Crippen MR) is 105 cm³/mol. The molecule has 1 saturated heterocycles. The van der Waals surface area contributed by atoms with E-state index < -0.39 is 11.7 Å². The number of ether oxygens (including phenoxy) is 1. The van der Waals surface area contributed by atoms with Gasteiger partial charge in [0.2, 0.25) is 5.91 Å². The summed E-state index contributed by atoms with van der Waals surface area (Å²) in [5.74, 6) is 0.0525. The van der Waals surface area contributed by atoms with E-state index in [9.17, 15) is 22.8 Å². The number of hydrogen-bond acceptors (Lipinski definition) is 3. The van der Waals surface area contributed by atoms with E-state index >= 15 is 0 Å². The molecule has 0 spiro atoms. The van der Waals surface area contributed by atoms with Gasteiger partial charge in [0.1, 0.15) is 11.5 Å². The largest absolute Gasteiger partial charge is 0.457 e. The van der Waals surface area contributed by atoms with Crippen LogP contribution in [0, 0.1) is 0 Å². The molecule has 1 heterocycles. The average Bonchev–Trinajstić information content (AvgIpc) is 2.92. The molecular formula is C22H23F3N2O3. The second kappa shape index (κ2) is 9.65. The molecule has 30 heavy (non-hydrogen) atoms. The third-order valence-electron chi connectivity index (χ3n) is 4.83. The zero-order valence-corrected chi connectivity index (χ0v) is 16.4. The first-order valence-electron chi connectivity index (χ1n) is 9.84. The van der Waals surface area contributed by atoms with Gasteiger partial charge in [-0.2, -0.15) is 13.2 Å². The molecule has 1 fully saturated rings. The van der Waals surface area contributed by atoms with E-state index in [0.29, 0.717) is 31.6 Å².